The molecule has 1 saturated carbocycles. The third-order valence-electron chi connectivity index (χ3n) is 3.72. The summed E-state index contributed by atoms with van der Waals surface area (Å²) in [4.78, 5) is 11.8. The first kappa shape index (κ1) is 15.5. The van der Waals surface area contributed by atoms with Gasteiger partial charge in [0, 0.05) is 17.2 Å². The van der Waals surface area contributed by atoms with Crippen molar-refractivity contribution < 1.29 is 4.79 Å². The standard InChI is InChI=1S/C13H10O.C6H13N/c14-13(11-7-3-1-4-8-11)12-9-5-2-6-10-12;7-6-4-2-1-3-5-6/h1-10H;6H,1-5,7H2. The quantitative estimate of drug-likeness (QED) is 0.838. The molecule has 0 radical (unpaired) electrons. The van der Waals surface area contributed by atoms with E-state index < -0.39 is 0 Å². The summed E-state index contributed by atoms with van der Waals surface area (Å²) in [5.41, 5.74) is 7.10. The van der Waals surface area contributed by atoms with E-state index in [2.05, 4.69) is 0 Å². The van der Waals surface area contributed by atoms with Crippen molar-refractivity contribution >= 4 is 5.78 Å². The van der Waals surface area contributed by atoms with E-state index in [1.54, 1.807) is 0 Å². The third-order valence-corrected chi connectivity index (χ3v) is 3.72. The van der Waals surface area contributed by atoms with E-state index >= 15 is 0 Å². The first-order chi connectivity index (χ1) is 10.3. The van der Waals surface area contributed by atoms with Crippen LogP contribution in [0.15, 0.2) is 60.7 Å². The van der Waals surface area contributed by atoms with E-state index in [4.69, 9.17) is 5.73 Å². The second-order valence-corrected chi connectivity index (χ2v) is 5.46. The van der Waals surface area contributed by atoms with Crippen molar-refractivity contribution in [2.75, 3.05) is 0 Å². The lowest BCUT2D eigenvalue weighted by Gasteiger charge is -2.15. The molecule has 21 heavy (non-hydrogen) atoms. The van der Waals surface area contributed by atoms with Gasteiger partial charge in [0.05, 0.1) is 0 Å². The SMILES string of the molecule is NC1CCCCC1.O=C(c1ccccc1)c1ccccc1. The van der Waals surface area contributed by atoms with Gasteiger partial charge in [-0.1, -0.05) is 79.9 Å². The maximum atomic E-state index is 11.8. The third kappa shape index (κ3) is 5.16. The van der Waals surface area contributed by atoms with Gasteiger partial charge in [0.1, 0.15) is 0 Å². The zero-order chi connectivity index (χ0) is 14.9. The molecule has 2 N–H and O–H groups in total. The Morgan fingerprint density at radius 1 is 0.762 bits per heavy atom. The van der Waals surface area contributed by atoms with Crippen LogP contribution in [-0.4, -0.2) is 11.8 Å². The molecule has 2 aromatic carbocycles. The first-order valence-corrected chi connectivity index (χ1v) is 7.68. The molecule has 0 amide bonds. The fourth-order valence-corrected chi connectivity index (χ4v) is 2.48. The molecule has 0 aliphatic heterocycles. The molecule has 0 aromatic heterocycles. The molecule has 1 fully saturated rings. The smallest absolute Gasteiger partial charge is 0.193 e. The Labute approximate surface area is 127 Å². The molecule has 0 saturated heterocycles. The van der Waals surface area contributed by atoms with E-state index in [-0.39, 0.29) is 5.78 Å². The molecular formula is C19H23NO. The molecule has 1 aliphatic carbocycles. The Hall–Kier alpha value is -1.93. The highest BCUT2D eigenvalue weighted by atomic mass is 16.1. The highest BCUT2D eigenvalue weighted by molar-refractivity contribution is 6.08. The summed E-state index contributed by atoms with van der Waals surface area (Å²) in [5.74, 6) is 0.0752. The number of benzene rings is 2. The van der Waals surface area contributed by atoms with Crippen LogP contribution in [-0.2, 0) is 0 Å². The summed E-state index contributed by atoms with van der Waals surface area (Å²) in [5, 5.41) is 0. The molecule has 110 valence electrons. The fourth-order valence-electron chi connectivity index (χ4n) is 2.48. The molecule has 0 atom stereocenters. The van der Waals surface area contributed by atoms with Gasteiger partial charge in [-0.25, -0.2) is 0 Å². The molecule has 0 heterocycles. The summed E-state index contributed by atoms with van der Waals surface area (Å²) in [6, 6.07) is 19.1. The lowest BCUT2D eigenvalue weighted by molar-refractivity contribution is 0.103. The van der Waals surface area contributed by atoms with Crippen LogP contribution in [0, 0.1) is 0 Å². The Morgan fingerprint density at radius 2 is 1.19 bits per heavy atom. The molecular weight excluding hydrogens is 258 g/mol. The second kappa shape index (κ2) is 8.38. The minimum atomic E-state index is 0.0752. The van der Waals surface area contributed by atoms with Gasteiger partial charge in [-0.05, 0) is 12.8 Å². The van der Waals surface area contributed by atoms with Gasteiger partial charge in [0.15, 0.2) is 5.78 Å². The predicted molar refractivity (Wildman–Crippen MR) is 87.4 cm³/mol. The van der Waals surface area contributed by atoms with Crippen LogP contribution in [0.1, 0.15) is 48.0 Å². The Balaban J connectivity index is 0.000000194. The monoisotopic (exact) mass is 281 g/mol. The van der Waals surface area contributed by atoms with E-state index in [1.165, 1.54) is 32.1 Å². The lowest BCUT2D eigenvalue weighted by atomic mass is 9.97. The largest absolute Gasteiger partial charge is 0.328 e. The molecule has 2 aromatic rings. The van der Waals surface area contributed by atoms with Gasteiger partial charge >= 0.3 is 0 Å². The van der Waals surface area contributed by atoms with Crippen molar-refractivity contribution in [3.05, 3.63) is 71.8 Å². The van der Waals surface area contributed by atoms with E-state index in [9.17, 15) is 4.79 Å². The summed E-state index contributed by atoms with van der Waals surface area (Å²) >= 11 is 0. The minimum absolute atomic E-state index is 0.0752. The fraction of sp³-hybridized carbons (Fsp3) is 0.316. The van der Waals surface area contributed by atoms with Gasteiger partial charge in [-0.3, -0.25) is 4.79 Å². The molecule has 0 spiro atoms. The number of hydrogen-bond donors (Lipinski definition) is 1. The highest BCUT2D eigenvalue weighted by Gasteiger charge is 2.06. The second-order valence-electron chi connectivity index (χ2n) is 5.46. The van der Waals surface area contributed by atoms with Crippen LogP contribution in [0.4, 0.5) is 0 Å². The van der Waals surface area contributed by atoms with Crippen molar-refractivity contribution in [3.63, 3.8) is 0 Å². The lowest BCUT2D eigenvalue weighted by Crippen LogP contribution is -2.22. The van der Waals surface area contributed by atoms with Crippen LogP contribution in [0.5, 0.6) is 0 Å². The molecule has 0 unspecified atom stereocenters. The summed E-state index contributed by atoms with van der Waals surface area (Å²) in [6.07, 6.45) is 6.66. The van der Waals surface area contributed by atoms with Crippen LogP contribution in [0.25, 0.3) is 0 Å². The van der Waals surface area contributed by atoms with Crippen molar-refractivity contribution in [1.29, 1.82) is 0 Å². The number of carbonyl (C=O) groups is 1. The van der Waals surface area contributed by atoms with Crippen molar-refractivity contribution in [2.24, 2.45) is 5.73 Å². The summed E-state index contributed by atoms with van der Waals surface area (Å²) in [7, 11) is 0. The normalized spacial score (nSPS) is 14.9. The summed E-state index contributed by atoms with van der Waals surface area (Å²) in [6.45, 7) is 0. The number of hydrogen-bond acceptors (Lipinski definition) is 2. The Morgan fingerprint density at radius 3 is 1.52 bits per heavy atom. The Kier molecular flexibility index (Phi) is 6.17. The van der Waals surface area contributed by atoms with Gasteiger partial charge in [-0.2, -0.15) is 0 Å². The van der Waals surface area contributed by atoms with Gasteiger partial charge in [-0.15, -0.1) is 0 Å². The van der Waals surface area contributed by atoms with Crippen LogP contribution in [0.2, 0.25) is 0 Å². The van der Waals surface area contributed by atoms with Gasteiger partial charge in [0.25, 0.3) is 0 Å². The van der Waals surface area contributed by atoms with Crippen LogP contribution < -0.4 is 5.73 Å². The molecule has 2 heteroatoms. The van der Waals surface area contributed by atoms with Crippen molar-refractivity contribution in [1.82, 2.24) is 0 Å². The van der Waals surface area contributed by atoms with E-state index in [1.807, 2.05) is 60.7 Å². The van der Waals surface area contributed by atoms with Gasteiger partial charge in [0.2, 0.25) is 0 Å². The first-order valence-electron chi connectivity index (χ1n) is 7.68. The number of ketones is 1. The van der Waals surface area contributed by atoms with Crippen LogP contribution >= 0.6 is 0 Å². The van der Waals surface area contributed by atoms with Crippen LogP contribution in [0.3, 0.4) is 0 Å². The molecule has 3 rings (SSSR count). The average Bonchev–Trinajstić information content (AvgIpc) is 2.57. The number of carbonyl (C=O) groups excluding carboxylic acids is 1. The number of rotatable bonds is 2. The maximum Gasteiger partial charge on any atom is 0.193 e. The maximum absolute atomic E-state index is 11.8. The van der Waals surface area contributed by atoms with E-state index in [0.29, 0.717) is 6.04 Å². The van der Waals surface area contributed by atoms with Crippen molar-refractivity contribution in [3.8, 4) is 0 Å². The molecule has 1 aliphatic rings. The van der Waals surface area contributed by atoms with E-state index in [0.717, 1.165) is 11.1 Å². The topological polar surface area (TPSA) is 43.1 Å². The summed E-state index contributed by atoms with van der Waals surface area (Å²) < 4.78 is 0. The van der Waals surface area contributed by atoms with Gasteiger partial charge < -0.3 is 5.73 Å². The average molecular weight is 281 g/mol. The zero-order valence-electron chi connectivity index (χ0n) is 12.4. The zero-order valence-corrected chi connectivity index (χ0v) is 12.4. The predicted octanol–water partition coefficient (Wildman–Crippen LogP) is 4.20. The molecule has 2 nitrogen and oxygen atoms in total. The van der Waals surface area contributed by atoms with Crippen molar-refractivity contribution in [2.45, 2.75) is 38.1 Å². The number of nitrogens with two attached hydrogens (primary N) is 1. The highest BCUT2D eigenvalue weighted by Crippen LogP contribution is 2.14. The Bertz CT molecular complexity index is 489. The molecule has 0 bridgehead atoms. The minimum Gasteiger partial charge on any atom is -0.328 e.